The number of nitrogens with zero attached hydrogens (tertiary/aromatic N) is 1. The van der Waals surface area contributed by atoms with Crippen LogP contribution < -0.4 is 5.32 Å². The minimum Gasteiger partial charge on any atom is -0.480 e. The van der Waals surface area contributed by atoms with Crippen molar-refractivity contribution < 1.29 is 19.8 Å². The first-order valence-corrected chi connectivity index (χ1v) is 5.43. The van der Waals surface area contributed by atoms with Crippen LogP contribution in [0.4, 0.5) is 4.79 Å². The van der Waals surface area contributed by atoms with Gasteiger partial charge in [0, 0.05) is 13.0 Å². The van der Waals surface area contributed by atoms with E-state index in [-0.39, 0.29) is 13.0 Å². The number of β-amino-alcohol motifs (C(OH)–C–C–N with tert-alkyl or cyclic N) is 1. The molecule has 0 aromatic rings. The molecule has 0 bridgehead atoms. The number of aliphatic hydroxyl groups is 1. The number of aliphatic carboxylic acids is 1. The van der Waals surface area contributed by atoms with Crippen molar-refractivity contribution in [3.05, 3.63) is 0 Å². The summed E-state index contributed by atoms with van der Waals surface area (Å²) >= 11 is 0. The predicted octanol–water partition coefficient (Wildman–Crippen LogP) is -0.372. The van der Waals surface area contributed by atoms with Crippen LogP contribution in [0.25, 0.3) is 0 Å². The van der Waals surface area contributed by atoms with E-state index in [1.165, 1.54) is 0 Å². The third-order valence-corrected chi connectivity index (χ3v) is 2.73. The fourth-order valence-electron chi connectivity index (χ4n) is 1.77. The molecule has 1 aliphatic heterocycles. The van der Waals surface area contributed by atoms with Crippen molar-refractivity contribution in [3.8, 4) is 12.3 Å². The van der Waals surface area contributed by atoms with Crippen LogP contribution in [0.15, 0.2) is 0 Å². The van der Waals surface area contributed by atoms with Crippen molar-refractivity contribution in [2.24, 2.45) is 0 Å². The SMILES string of the molecule is C#CC(CC)NC(=O)N1C[C@@H](O)C[C@H]1C(=O)O. The van der Waals surface area contributed by atoms with Crippen LogP contribution in [0.1, 0.15) is 19.8 Å². The van der Waals surface area contributed by atoms with E-state index in [4.69, 9.17) is 11.5 Å². The van der Waals surface area contributed by atoms with Crippen LogP contribution >= 0.6 is 0 Å². The molecule has 6 nitrogen and oxygen atoms in total. The molecule has 0 aliphatic carbocycles. The van der Waals surface area contributed by atoms with Gasteiger partial charge < -0.3 is 20.4 Å². The van der Waals surface area contributed by atoms with Gasteiger partial charge in [0.05, 0.1) is 12.1 Å². The lowest BCUT2D eigenvalue weighted by Gasteiger charge is -2.23. The van der Waals surface area contributed by atoms with Gasteiger partial charge in [-0.15, -0.1) is 6.42 Å². The number of hydrogen-bond donors (Lipinski definition) is 3. The molecule has 1 unspecified atom stereocenters. The van der Waals surface area contributed by atoms with Crippen LogP contribution in [0.3, 0.4) is 0 Å². The Morgan fingerprint density at radius 2 is 2.29 bits per heavy atom. The highest BCUT2D eigenvalue weighted by atomic mass is 16.4. The van der Waals surface area contributed by atoms with Crippen LogP contribution in [-0.4, -0.2) is 51.8 Å². The maximum atomic E-state index is 11.8. The zero-order valence-corrected chi connectivity index (χ0v) is 9.59. The van der Waals surface area contributed by atoms with E-state index in [0.29, 0.717) is 6.42 Å². The summed E-state index contributed by atoms with van der Waals surface area (Å²) in [5.41, 5.74) is 0. The largest absolute Gasteiger partial charge is 0.480 e. The van der Waals surface area contributed by atoms with Gasteiger partial charge in [0.2, 0.25) is 0 Å². The van der Waals surface area contributed by atoms with Crippen LogP contribution in [0, 0.1) is 12.3 Å². The third-order valence-electron chi connectivity index (χ3n) is 2.73. The zero-order valence-electron chi connectivity index (χ0n) is 9.59. The summed E-state index contributed by atoms with van der Waals surface area (Å²) < 4.78 is 0. The summed E-state index contributed by atoms with van der Waals surface area (Å²) in [6.45, 7) is 1.84. The van der Waals surface area contributed by atoms with Gasteiger partial charge in [-0.3, -0.25) is 0 Å². The van der Waals surface area contributed by atoms with Gasteiger partial charge in [0.15, 0.2) is 0 Å². The molecule has 1 rings (SSSR count). The third kappa shape index (κ3) is 3.11. The van der Waals surface area contributed by atoms with Crippen molar-refractivity contribution in [1.82, 2.24) is 10.2 Å². The van der Waals surface area contributed by atoms with E-state index >= 15 is 0 Å². The molecule has 0 radical (unpaired) electrons. The fourth-order valence-corrected chi connectivity index (χ4v) is 1.77. The van der Waals surface area contributed by atoms with E-state index in [1.807, 2.05) is 6.92 Å². The molecule has 6 heteroatoms. The average molecular weight is 240 g/mol. The van der Waals surface area contributed by atoms with E-state index in [9.17, 15) is 14.7 Å². The van der Waals surface area contributed by atoms with Gasteiger partial charge >= 0.3 is 12.0 Å². The Labute approximate surface area is 99.6 Å². The van der Waals surface area contributed by atoms with Gasteiger partial charge in [0.25, 0.3) is 0 Å². The Hall–Kier alpha value is -1.74. The number of nitrogens with one attached hydrogen (secondary N) is 1. The Morgan fingerprint density at radius 3 is 2.76 bits per heavy atom. The highest BCUT2D eigenvalue weighted by Gasteiger charge is 2.39. The quantitative estimate of drug-likeness (QED) is 0.587. The second kappa shape index (κ2) is 5.55. The summed E-state index contributed by atoms with van der Waals surface area (Å²) in [5, 5.41) is 20.9. The molecule has 0 spiro atoms. The smallest absolute Gasteiger partial charge is 0.326 e. The number of likely N-dealkylation sites (tertiary alicyclic amines) is 1. The van der Waals surface area contributed by atoms with Crippen molar-refractivity contribution in [1.29, 1.82) is 0 Å². The maximum absolute atomic E-state index is 11.8. The van der Waals surface area contributed by atoms with Gasteiger partial charge in [-0.2, -0.15) is 0 Å². The number of hydrogen-bond acceptors (Lipinski definition) is 3. The predicted molar refractivity (Wildman–Crippen MR) is 60.2 cm³/mol. The molecular weight excluding hydrogens is 224 g/mol. The standard InChI is InChI=1S/C11H16N2O4/c1-3-7(4-2)12-11(17)13-6-8(14)5-9(13)10(15)16/h1,7-9,14H,4-6H2,2H3,(H,12,17)(H,15,16)/t7?,8-,9-/m0/s1. The summed E-state index contributed by atoms with van der Waals surface area (Å²) in [4.78, 5) is 23.8. The van der Waals surface area contributed by atoms with Gasteiger partial charge in [-0.25, -0.2) is 9.59 Å². The second-order valence-corrected chi connectivity index (χ2v) is 3.97. The first kappa shape index (κ1) is 13.3. The molecule has 2 amide bonds. The summed E-state index contributed by atoms with van der Waals surface area (Å²) in [7, 11) is 0. The molecule has 0 saturated carbocycles. The molecule has 1 fully saturated rings. The Morgan fingerprint density at radius 1 is 1.65 bits per heavy atom. The first-order valence-electron chi connectivity index (χ1n) is 5.43. The van der Waals surface area contributed by atoms with Crippen LogP contribution in [0.2, 0.25) is 0 Å². The first-order chi connectivity index (χ1) is 7.99. The summed E-state index contributed by atoms with van der Waals surface area (Å²) in [5.74, 6) is 1.27. The molecule has 1 saturated heterocycles. The summed E-state index contributed by atoms with van der Waals surface area (Å²) in [6, 6.07) is -1.95. The molecule has 94 valence electrons. The number of terminal acetylenes is 1. The minimum absolute atomic E-state index is 0.0177. The number of urea groups is 1. The lowest BCUT2D eigenvalue weighted by molar-refractivity contribution is -0.141. The Bertz CT molecular complexity index is 350. The molecule has 3 atom stereocenters. The Kier molecular flexibility index (Phi) is 4.35. The van der Waals surface area contributed by atoms with E-state index in [0.717, 1.165) is 4.90 Å². The van der Waals surface area contributed by atoms with Crippen LogP contribution in [-0.2, 0) is 4.79 Å². The molecule has 0 aromatic carbocycles. The van der Waals surface area contributed by atoms with Crippen molar-refractivity contribution in [2.75, 3.05) is 6.54 Å². The fraction of sp³-hybridized carbons (Fsp3) is 0.636. The highest BCUT2D eigenvalue weighted by molar-refractivity contribution is 5.83. The van der Waals surface area contributed by atoms with E-state index in [2.05, 4.69) is 11.2 Å². The number of carboxylic acids is 1. The Balaban J connectivity index is 2.68. The number of rotatable bonds is 3. The number of amides is 2. The van der Waals surface area contributed by atoms with Crippen LogP contribution in [0.5, 0.6) is 0 Å². The molecule has 0 aromatic heterocycles. The number of carbonyl (C=O) groups is 2. The van der Waals surface area contributed by atoms with Crippen molar-refractivity contribution in [3.63, 3.8) is 0 Å². The lowest BCUT2D eigenvalue weighted by atomic mass is 10.2. The van der Waals surface area contributed by atoms with Gasteiger partial charge in [0.1, 0.15) is 6.04 Å². The molecular formula is C11H16N2O4. The van der Waals surface area contributed by atoms with E-state index < -0.39 is 30.2 Å². The second-order valence-electron chi connectivity index (χ2n) is 3.97. The van der Waals surface area contributed by atoms with Gasteiger partial charge in [-0.05, 0) is 6.42 Å². The molecule has 17 heavy (non-hydrogen) atoms. The monoisotopic (exact) mass is 240 g/mol. The maximum Gasteiger partial charge on any atom is 0.326 e. The lowest BCUT2D eigenvalue weighted by Crippen LogP contribution is -2.48. The molecule has 1 heterocycles. The number of carboxylic acid groups (broad SMARTS) is 1. The zero-order chi connectivity index (χ0) is 13.0. The number of carbonyl (C=O) groups excluding carboxylic acids is 1. The van der Waals surface area contributed by atoms with Gasteiger partial charge in [-0.1, -0.05) is 12.8 Å². The minimum atomic E-state index is -1.12. The average Bonchev–Trinajstić information content (AvgIpc) is 2.68. The summed E-state index contributed by atoms with van der Waals surface area (Å²) in [6.07, 6.45) is 5.02. The van der Waals surface area contributed by atoms with Crippen molar-refractivity contribution >= 4 is 12.0 Å². The molecule has 3 N–H and O–H groups in total. The highest BCUT2D eigenvalue weighted by Crippen LogP contribution is 2.18. The van der Waals surface area contributed by atoms with Crippen molar-refractivity contribution in [2.45, 2.75) is 38.0 Å². The molecule has 1 aliphatic rings. The number of aliphatic hydroxyl groups excluding tert-OH is 1. The topological polar surface area (TPSA) is 89.9 Å². The normalized spacial score (nSPS) is 25.1. The van der Waals surface area contributed by atoms with E-state index in [1.54, 1.807) is 0 Å².